The van der Waals surface area contributed by atoms with Crippen molar-refractivity contribution in [1.82, 2.24) is 15.1 Å². The third-order valence-corrected chi connectivity index (χ3v) is 6.96. The maximum atomic E-state index is 12.6. The van der Waals surface area contributed by atoms with Crippen LogP contribution in [0.4, 0.5) is 0 Å². The lowest BCUT2D eigenvalue weighted by Crippen LogP contribution is -2.62. The van der Waals surface area contributed by atoms with Gasteiger partial charge in [-0.25, -0.2) is 0 Å². The van der Waals surface area contributed by atoms with Crippen molar-refractivity contribution in [3.63, 3.8) is 0 Å². The molecule has 6 nitrogen and oxygen atoms in total. The second kappa shape index (κ2) is 9.56. The molecule has 29 heavy (non-hydrogen) atoms. The molecule has 3 saturated heterocycles. The Morgan fingerprint density at radius 1 is 1.10 bits per heavy atom. The lowest BCUT2D eigenvalue weighted by Gasteiger charge is -2.45. The zero-order chi connectivity index (χ0) is 20.1. The van der Waals surface area contributed by atoms with Crippen LogP contribution in [0, 0.1) is 12.8 Å². The summed E-state index contributed by atoms with van der Waals surface area (Å²) in [6.07, 6.45) is 2.68. The minimum Gasteiger partial charge on any atom is -0.381 e. The summed E-state index contributed by atoms with van der Waals surface area (Å²) in [5.74, 6) is 0.298. The Morgan fingerprint density at radius 3 is 2.55 bits per heavy atom. The first-order chi connectivity index (χ1) is 14.2. The molecule has 3 fully saturated rings. The van der Waals surface area contributed by atoms with E-state index in [1.807, 2.05) is 0 Å². The third-order valence-electron chi connectivity index (χ3n) is 6.96. The van der Waals surface area contributed by atoms with Gasteiger partial charge in [-0.3, -0.25) is 14.6 Å². The molecule has 1 aromatic carbocycles. The van der Waals surface area contributed by atoms with Gasteiger partial charge in [0, 0.05) is 65.0 Å². The second-order valence-corrected chi connectivity index (χ2v) is 8.82. The number of piperazine rings is 1. The standard InChI is InChI=1S/C23H35N3O3/c1-19-4-2-3-5-21(19)16-25-9-11-26(12-10-25)23(8-15-29-18-23)17-24-22(27)20-6-13-28-14-7-20/h2-5,20H,6-18H2,1H3,(H,24,27). The highest BCUT2D eigenvalue weighted by molar-refractivity contribution is 5.78. The molecule has 0 aliphatic carbocycles. The molecule has 1 atom stereocenters. The topological polar surface area (TPSA) is 54.0 Å². The number of carbonyl (C=O) groups is 1. The number of carbonyl (C=O) groups excluding carboxylic acids is 1. The van der Waals surface area contributed by atoms with Gasteiger partial charge in [0.05, 0.1) is 12.1 Å². The van der Waals surface area contributed by atoms with Crippen LogP contribution >= 0.6 is 0 Å². The predicted octanol–water partition coefficient (Wildman–Crippen LogP) is 1.81. The Labute approximate surface area is 174 Å². The zero-order valence-electron chi connectivity index (χ0n) is 17.7. The summed E-state index contributed by atoms with van der Waals surface area (Å²) in [7, 11) is 0. The largest absolute Gasteiger partial charge is 0.381 e. The van der Waals surface area contributed by atoms with Gasteiger partial charge in [-0.05, 0) is 37.3 Å². The van der Waals surface area contributed by atoms with Gasteiger partial charge in [0.1, 0.15) is 0 Å². The molecule has 0 bridgehead atoms. The van der Waals surface area contributed by atoms with Crippen LogP contribution in [0.1, 0.15) is 30.4 Å². The van der Waals surface area contributed by atoms with Gasteiger partial charge < -0.3 is 14.8 Å². The Balaban J connectivity index is 1.31. The van der Waals surface area contributed by atoms with Crippen LogP contribution in [0.15, 0.2) is 24.3 Å². The predicted molar refractivity (Wildman–Crippen MR) is 113 cm³/mol. The van der Waals surface area contributed by atoms with Crippen LogP contribution in [0.5, 0.6) is 0 Å². The number of ether oxygens (including phenoxy) is 2. The molecule has 1 aromatic rings. The quantitative estimate of drug-likeness (QED) is 0.788. The van der Waals surface area contributed by atoms with Crippen molar-refractivity contribution in [2.45, 2.75) is 38.3 Å². The maximum absolute atomic E-state index is 12.6. The van der Waals surface area contributed by atoms with Crippen molar-refractivity contribution in [3.05, 3.63) is 35.4 Å². The van der Waals surface area contributed by atoms with E-state index in [4.69, 9.17) is 9.47 Å². The van der Waals surface area contributed by atoms with Crippen LogP contribution in [-0.2, 0) is 20.8 Å². The van der Waals surface area contributed by atoms with Crippen LogP contribution in [0.3, 0.4) is 0 Å². The molecule has 1 unspecified atom stereocenters. The minimum atomic E-state index is -0.0461. The molecular formula is C23H35N3O3. The van der Waals surface area contributed by atoms with Gasteiger partial charge in [0.15, 0.2) is 0 Å². The highest BCUT2D eigenvalue weighted by Gasteiger charge is 2.42. The number of nitrogens with one attached hydrogen (secondary N) is 1. The van der Waals surface area contributed by atoms with Crippen LogP contribution < -0.4 is 5.32 Å². The van der Waals surface area contributed by atoms with Crippen molar-refractivity contribution in [2.24, 2.45) is 5.92 Å². The number of benzene rings is 1. The second-order valence-electron chi connectivity index (χ2n) is 8.82. The van der Waals surface area contributed by atoms with Crippen molar-refractivity contribution in [3.8, 4) is 0 Å². The Bertz CT molecular complexity index is 676. The summed E-state index contributed by atoms with van der Waals surface area (Å²) in [5, 5.41) is 3.26. The summed E-state index contributed by atoms with van der Waals surface area (Å²) in [6, 6.07) is 8.66. The van der Waals surface area contributed by atoms with E-state index < -0.39 is 0 Å². The average Bonchev–Trinajstić information content (AvgIpc) is 3.25. The summed E-state index contributed by atoms with van der Waals surface area (Å²) >= 11 is 0. The van der Waals surface area contributed by atoms with Gasteiger partial charge in [-0.1, -0.05) is 24.3 Å². The summed E-state index contributed by atoms with van der Waals surface area (Å²) in [6.45, 7) is 11.0. The molecule has 4 rings (SSSR count). The summed E-state index contributed by atoms with van der Waals surface area (Å²) < 4.78 is 11.2. The summed E-state index contributed by atoms with van der Waals surface area (Å²) in [4.78, 5) is 17.7. The molecule has 0 aromatic heterocycles. The van der Waals surface area contributed by atoms with E-state index in [1.165, 1.54) is 11.1 Å². The molecular weight excluding hydrogens is 366 g/mol. The monoisotopic (exact) mass is 401 g/mol. The molecule has 6 heteroatoms. The van der Waals surface area contributed by atoms with Crippen LogP contribution in [0.2, 0.25) is 0 Å². The number of rotatable bonds is 6. The molecule has 1 N–H and O–H groups in total. The van der Waals surface area contributed by atoms with E-state index in [-0.39, 0.29) is 17.4 Å². The van der Waals surface area contributed by atoms with Crippen molar-refractivity contribution in [1.29, 1.82) is 0 Å². The minimum absolute atomic E-state index is 0.0461. The average molecular weight is 402 g/mol. The third kappa shape index (κ3) is 5.00. The molecule has 3 aliphatic rings. The van der Waals surface area contributed by atoms with Crippen molar-refractivity contribution < 1.29 is 14.3 Å². The first kappa shape index (κ1) is 20.8. The van der Waals surface area contributed by atoms with Gasteiger partial charge >= 0.3 is 0 Å². The van der Waals surface area contributed by atoms with Crippen LogP contribution in [0.25, 0.3) is 0 Å². The molecule has 0 spiro atoms. The fourth-order valence-electron chi connectivity index (χ4n) is 4.86. The molecule has 1 amide bonds. The Kier molecular flexibility index (Phi) is 6.85. The van der Waals surface area contributed by atoms with E-state index >= 15 is 0 Å². The highest BCUT2D eigenvalue weighted by atomic mass is 16.5. The van der Waals surface area contributed by atoms with E-state index in [9.17, 15) is 4.79 Å². The fourth-order valence-corrected chi connectivity index (χ4v) is 4.86. The molecule has 0 saturated carbocycles. The molecule has 3 aliphatic heterocycles. The first-order valence-corrected chi connectivity index (χ1v) is 11.1. The highest BCUT2D eigenvalue weighted by Crippen LogP contribution is 2.28. The zero-order valence-corrected chi connectivity index (χ0v) is 17.7. The number of nitrogens with zero attached hydrogens (tertiary/aromatic N) is 2. The Hall–Kier alpha value is -1.47. The van der Waals surface area contributed by atoms with E-state index in [0.717, 1.165) is 65.2 Å². The number of hydrogen-bond acceptors (Lipinski definition) is 5. The number of amides is 1. The Morgan fingerprint density at radius 2 is 1.86 bits per heavy atom. The summed E-state index contributed by atoms with van der Waals surface area (Å²) in [5.41, 5.74) is 2.74. The van der Waals surface area contributed by atoms with Crippen molar-refractivity contribution in [2.75, 3.05) is 59.2 Å². The fraction of sp³-hybridized carbons (Fsp3) is 0.696. The van der Waals surface area contributed by atoms with Gasteiger partial charge in [0.25, 0.3) is 0 Å². The van der Waals surface area contributed by atoms with Crippen LogP contribution in [-0.4, -0.2) is 80.4 Å². The van der Waals surface area contributed by atoms with Gasteiger partial charge in [0.2, 0.25) is 5.91 Å². The van der Waals surface area contributed by atoms with Crippen molar-refractivity contribution >= 4 is 5.91 Å². The molecule has 0 radical (unpaired) electrons. The lowest BCUT2D eigenvalue weighted by atomic mass is 9.93. The molecule has 160 valence electrons. The molecule has 3 heterocycles. The van der Waals surface area contributed by atoms with E-state index in [1.54, 1.807) is 0 Å². The first-order valence-electron chi connectivity index (χ1n) is 11.1. The number of hydrogen-bond donors (Lipinski definition) is 1. The SMILES string of the molecule is Cc1ccccc1CN1CCN(C2(CNC(=O)C3CCOCC3)CCOC2)CC1. The van der Waals surface area contributed by atoms with E-state index in [2.05, 4.69) is 46.3 Å². The van der Waals surface area contributed by atoms with Gasteiger partial charge in [-0.2, -0.15) is 0 Å². The van der Waals surface area contributed by atoms with Gasteiger partial charge in [-0.15, -0.1) is 0 Å². The smallest absolute Gasteiger partial charge is 0.223 e. The maximum Gasteiger partial charge on any atom is 0.223 e. The number of aryl methyl sites for hydroxylation is 1. The lowest BCUT2D eigenvalue weighted by molar-refractivity contribution is -0.128. The van der Waals surface area contributed by atoms with E-state index in [0.29, 0.717) is 19.8 Å². The normalized spacial score (nSPS) is 27.2.